The monoisotopic (exact) mass is 508 g/mol. The number of hydrogen-bond acceptors (Lipinski definition) is 9. The van der Waals surface area contributed by atoms with Gasteiger partial charge in [-0.15, -0.1) is 10.2 Å². The number of benzene rings is 2. The number of hydrogen-bond donors (Lipinski definition) is 1. The Morgan fingerprint density at radius 3 is 2.72 bits per heavy atom. The molecule has 168 valence electrons. The van der Waals surface area contributed by atoms with Crippen molar-refractivity contribution in [3.63, 3.8) is 0 Å². The summed E-state index contributed by atoms with van der Waals surface area (Å²) >= 11 is 10.5. The van der Waals surface area contributed by atoms with Crippen molar-refractivity contribution in [2.75, 3.05) is 19.5 Å². The number of nitrogens with zero attached hydrogens (tertiary/aromatic N) is 3. The topological polar surface area (TPSA) is 85.7 Å². The molecule has 0 saturated carbocycles. The molecule has 0 aliphatic carbocycles. The van der Waals surface area contributed by atoms with Crippen LogP contribution in [0.1, 0.15) is 18.1 Å². The number of ether oxygens (including phenoxy) is 2. The summed E-state index contributed by atoms with van der Waals surface area (Å²) in [5.74, 6) is 1.94. The molecule has 0 fully saturated rings. The fourth-order valence-electron chi connectivity index (χ4n) is 2.45. The summed E-state index contributed by atoms with van der Waals surface area (Å²) in [5.41, 5.74) is 4.34. The molecule has 7 nitrogen and oxygen atoms in total. The average Bonchev–Trinajstić information content (AvgIpc) is 3.26. The van der Waals surface area contributed by atoms with Crippen LogP contribution in [0.5, 0.6) is 11.5 Å². The van der Waals surface area contributed by atoms with E-state index in [1.54, 1.807) is 37.2 Å². The SMILES string of the molecule is CCOc1ccc(/C=N/NC(=O)CSc2nnc(SCc3ccccc3Cl)s2)cc1OC. The molecule has 0 aliphatic heterocycles. The fraction of sp³-hybridized carbons (Fsp3) is 0.238. The van der Waals surface area contributed by atoms with E-state index in [2.05, 4.69) is 20.7 Å². The van der Waals surface area contributed by atoms with Gasteiger partial charge >= 0.3 is 0 Å². The van der Waals surface area contributed by atoms with Crippen LogP contribution < -0.4 is 14.9 Å². The second-order valence-electron chi connectivity index (χ2n) is 6.14. The molecule has 1 aromatic heterocycles. The van der Waals surface area contributed by atoms with Gasteiger partial charge in [-0.2, -0.15) is 5.10 Å². The van der Waals surface area contributed by atoms with E-state index in [-0.39, 0.29) is 11.7 Å². The molecule has 3 rings (SSSR count). The van der Waals surface area contributed by atoms with Crippen LogP contribution in [0.4, 0.5) is 0 Å². The molecule has 11 heteroatoms. The zero-order valence-corrected chi connectivity index (χ0v) is 20.6. The Labute approximate surface area is 204 Å². The molecule has 0 spiro atoms. The van der Waals surface area contributed by atoms with Gasteiger partial charge in [0, 0.05) is 10.8 Å². The first kappa shape index (κ1) is 24.4. The first-order chi connectivity index (χ1) is 15.6. The number of carbonyl (C=O) groups is 1. The van der Waals surface area contributed by atoms with Crippen LogP contribution >= 0.6 is 46.5 Å². The summed E-state index contributed by atoms with van der Waals surface area (Å²) in [6, 6.07) is 13.1. The van der Waals surface area contributed by atoms with Gasteiger partial charge in [0.05, 0.1) is 25.7 Å². The van der Waals surface area contributed by atoms with E-state index in [9.17, 15) is 4.79 Å². The van der Waals surface area contributed by atoms with Crippen molar-refractivity contribution in [1.82, 2.24) is 15.6 Å². The number of methoxy groups -OCH3 is 1. The fourth-order valence-corrected chi connectivity index (χ4v) is 5.54. The van der Waals surface area contributed by atoms with Gasteiger partial charge in [-0.1, -0.05) is 64.7 Å². The van der Waals surface area contributed by atoms with Crippen LogP contribution in [0.3, 0.4) is 0 Å². The molecule has 0 atom stereocenters. The molecule has 2 aromatic carbocycles. The summed E-state index contributed by atoms with van der Waals surface area (Å²) < 4.78 is 12.3. The third-order valence-electron chi connectivity index (χ3n) is 3.91. The van der Waals surface area contributed by atoms with E-state index in [4.69, 9.17) is 21.1 Å². The number of halogens is 1. The van der Waals surface area contributed by atoms with E-state index < -0.39 is 0 Å². The van der Waals surface area contributed by atoms with Gasteiger partial charge in [-0.25, -0.2) is 5.43 Å². The minimum atomic E-state index is -0.232. The summed E-state index contributed by atoms with van der Waals surface area (Å²) in [6.45, 7) is 2.46. The van der Waals surface area contributed by atoms with Gasteiger partial charge in [-0.05, 0) is 42.3 Å². The highest BCUT2D eigenvalue weighted by atomic mass is 35.5. The second kappa shape index (κ2) is 12.7. The highest BCUT2D eigenvalue weighted by Gasteiger charge is 2.10. The number of amides is 1. The van der Waals surface area contributed by atoms with E-state index >= 15 is 0 Å². The lowest BCUT2D eigenvalue weighted by molar-refractivity contribution is -0.118. The number of nitrogens with one attached hydrogen (secondary N) is 1. The first-order valence-corrected chi connectivity index (χ1v) is 12.7. The van der Waals surface area contributed by atoms with Crippen LogP contribution in [0, 0.1) is 0 Å². The lowest BCUT2D eigenvalue weighted by atomic mass is 10.2. The van der Waals surface area contributed by atoms with E-state index in [0.717, 1.165) is 24.8 Å². The normalized spacial score (nSPS) is 11.0. The average molecular weight is 509 g/mol. The molecular formula is C21H21ClN4O3S3. The Morgan fingerprint density at radius 1 is 1.19 bits per heavy atom. The van der Waals surface area contributed by atoms with Gasteiger partial charge in [0.15, 0.2) is 20.2 Å². The standard InChI is InChI=1S/C21H21ClN4O3S3/c1-3-29-17-9-8-14(10-18(17)28-2)11-23-24-19(27)13-31-21-26-25-20(32-21)30-12-15-6-4-5-7-16(15)22/h4-11H,3,12-13H2,1-2H3,(H,24,27)/b23-11+. The maximum atomic E-state index is 12.1. The molecule has 3 aromatic rings. The number of rotatable bonds is 11. The third kappa shape index (κ3) is 7.40. The van der Waals surface area contributed by atoms with Crippen LogP contribution in [-0.2, 0) is 10.5 Å². The molecule has 1 amide bonds. The van der Waals surface area contributed by atoms with Crippen molar-refractivity contribution in [2.24, 2.45) is 5.10 Å². The molecule has 0 saturated heterocycles. The maximum absolute atomic E-state index is 12.1. The van der Waals surface area contributed by atoms with Crippen LogP contribution in [0.15, 0.2) is 56.2 Å². The van der Waals surface area contributed by atoms with Gasteiger partial charge in [-0.3, -0.25) is 4.79 Å². The Hall–Kier alpha value is -2.27. The minimum Gasteiger partial charge on any atom is -0.493 e. The molecular weight excluding hydrogens is 488 g/mol. The summed E-state index contributed by atoms with van der Waals surface area (Å²) in [5, 5.41) is 13.0. The minimum absolute atomic E-state index is 0.188. The van der Waals surface area contributed by atoms with E-state index in [1.807, 2.05) is 37.3 Å². The predicted molar refractivity (Wildman–Crippen MR) is 132 cm³/mol. The highest BCUT2D eigenvalue weighted by Crippen LogP contribution is 2.32. The highest BCUT2D eigenvalue weighted by molar-refractivity contribution is 8.03. The van der Waals surface area contributed by atoms with E-state index in [1.165, 1.54) is 23.1 Å². The Bertz CT molecular complexity index is 1080. The predicted octanol–water partition coefficient (Wildman–Crippen LogP) is 5.13. The van der Waals surface area contributed by atoms with Crippen LogP contribution in [0.2, 0.25) is 5.02 Å². The molecule has 1 heterocycles. The number of thioether (sulfide) groups is 2. The number of hydrazone groups is 1. The number of carbonyl (C=O) groups excluding carboxylic acids is 1. The largest absolute Gasteiger partial charge is 0.493 e. The van der Waals surface area contributed by atoms with Gasteiger partial charge in [0.25, 0.3) is 5.91 Å². The summed E-state index contributed by atoms with van der Waals surface area (Å²) in [7, 11) is 1.58. The zero-order chi connectivity index (χ0) is 22.8. The van der Waals surface area contributed by atoms with Crippen molar-refractivity contribution >= 4 is 58.6 Å². The lowest BCUT2D eigenvalue weighted by Crippen LogP contribution is -2.19. The van der Waals surface area contributed by atoms with Gasteiger partial charge in [0.2, 0.25) is 0 Å². The van der Waals surface area contributed by atoms with Crippen molar-refractivity contribution in [3.05, 3.63) is 58.6 Å². The summed E-state index contributed by atoms with van der Waals surface area (Å²) in [6.07, 6.45) is 1.55. The maximum Gasteiger partial charge on any atom is 0.250 e. The second-order valence-corrected chi connectivity index (χ2v) is 9.97. The van der Waals surface area contributed by atoms with Crippen molar-refractivity contribution in [3.8, 4) is 11.5 Å². The van der Waals surface area contributed by atoms with Crippen molar-refractivity contribution in [1.29, 1.82) is 0 Å². The Morgan fingerprint density at radius 2 is 1.97 bits per heavy atom. The smallest absolute Gasteiger partial charge is 0.250 e. The third-order valence-corrected chi connectivity index (χ3v) is 7.52. The first-order valence-electron chi connectivity index (χ1n) is 9.54. The number of aromatic nitrogens is 2. The lowest BCUT2D eigenvalue weighted by Gasteiger charge is -2.09. The van der Waals surface area contributed by atoms with Crippen LogP contribution in [0.25, 0.3) is 0 Å². The van der Waals surface area contributed by atoms with Crippen LogP contribution in [-0.4, -0.2) is 41.8 Å². The zero-order valence-electron chi connectivity index (χ0n) is 17.4. The van der Waals surface area contributed by atoms with Crippen molar-refractivity contribution in [2.45, 2.75) is 21.4 Å². The quantitative estimate of drug-likeness (QED) is 0.218. The molecule has 0 aliphatic rings. The molecule has 1 N–H and O–H groups in total. The van der Waals surface area contributed by atoms with E-state index in [0.29, 0.717) is 23.9 Å². The molecule has 32 heavy (non-hydrogen) atoms. The summed E-state index contributed by atoms with van der Waals surface area (Å²) in [4.78, 5) is 12.1. The Kier molecular flexibility index (Phi) is 9.66. The molecule has 0 bridgehead atoms. The van der Waals surface area contributed by atoms with Gasteiger partial charge < -0.3 is 9.47 Å². The van der Waals surface area contributed by atoms with Gasteiger partial charge in [0.1, 0.15) is 0 Å². The molecule has 0 unspecified atom stereocenters. The molecule has 0 radical (unpaired) electrons. The Balaban J connectivity index is 1.44. The van der Waals surface area contributed by atoms with Crippen molar-refractivity contribution < 1.29 is 14.3 Å².